The van der Waals surface area contributed by atoms with Gasteiger partial charge in [-0.2, -0.15) is 0 Å². The van der Waals surface area contributed by atoms with Crippen LogP contribution in [-0.2, 0) is 4.79 Å². The zero-order valence-electron chi connectivity index (χ0n) is 13.4. The third-order valence-electron chi connectivity index (χ3n) is 6.02. The van der Waals surface area contributed by atoms with E-state index in [1.165, 1.54) is 58.2 Å². The highest BCUT2D eigenvalue weighted by Gasteiger charge is 2.43. The van der Waals surface area contributed by atoms with Crippen LogP contribution in [0.15, 0.2) is 0 Å². The van der Waals surface area contributed by atoms with Crippen LogP contribution in [0.2, 0.25) is 0 Å². The topological polar surface area (TPSA) is 49.6 Å². The molecular weight excluding hydrogens is 262 g/mol. The van der Waals surface area contributed by atoms with Crippen molar-refractivity contribution in [1.82, 2.24) is 9.80 Å². The average Bonchev–Trinajstić information content (AvgIpc) is 3.19. The van der Waals surface area contributed by atoms with Crippen molar-refractivity contribution in [3.63, 3.8) is 0 Å². The molecule has 3 aliphatic rings. The van der Waals surface area contributed by atoms with Gasteiger partial charge in [-0.3, -0.25) is 4.79 Å². The molecule has 3 rings (SSSR count). The first kappa shape index (κ1) is 15.3. The van der Waals surface area contributed by atoms with Gasteiger partial charge in [0.25, 0.3) is 0 Å². The van der Waals surface area contributed by atoms with Crippen molar-refractivity contribution < 1.29 is 4.79 Å². The third-order valence-corrected chi connectivity index (χ3v) is 6.02. The van der Waals surface area contributed by atoms with E-state index in [4.69, 9.17) is 5.73 Å². The predicted molar refractivity (Wildman–Crippen MR) is 84.9 cm³/mol. The summed E-state index contributed by atoms with van der Waals surface area (Å²) in [6.07, 6.45) is 9.48. The molecule has 0 atom stereocenters. The van der Waals surface area contributed by atoms with E-state index < -0.39 is 0 Å². The number of hydrogen-bond donors (Lipinski definition) is 1. The smallest absolute Gasteiger partial charge is 0.230 e. The second-order valence-corrected chi connectivity index (χ2v) is 7.43. The molecule has 0 aromatic heterocycles. The Morgan fingerprint density at radius 1 is 1.00 bits per heavy atom. The van der Waals surface area contributed by atoms with Gasteiger partial charge in [-0.25, -0.2) is 0 Å². The summed E-state index contributed by atoms with van der Waals surface area (Å²) in [5.41, 5.74) is 5.75. The minimum absolute atomic E-state index is 0.207. The van der Waals surface area contributed by atoms with E-state index in [-0.39, 0.29) is 5.41 Å². The Labute approximate surface area is 129 Å². The van der Waals surface area contributed by atoms with E-state index in [1.54, 1.807) is 0 Å². The number of amides is 1. The fraction of sp³-hybridized carbons (Fsp3) is 0.941. The van der Waals surface area contributed by atoms with E-state index >= 15 is 0 Å². The Bertz CT molecular complexity index is 351. The van der Waals surface area contributed by atoms with Gasteiger partial charge in [0, 0.05) is 26.2 Å². The van der Waals surface area contributed by atoms with Crippen LogP contribution in [0.4, 0.5) is 0 Å². The van der Waals surface area contributed by atoms with Crippen LogP contribution in [0, 0.1) is 11.3 Å². The van der Waals surface area contributed by atoms with E-state index in [2.05, 4.69) is 9.80 Å². The molecule has 1 aliphatic carbocycles. The normalized spacial score (nSPS) is 27.4. The number of piperidine rings is 1. The average molecular weight is 293 g/mol. The molecule has 4 nitrogen and oxygen atoms in total. The van der Waals surface area contributed by atoms with Crippen molar-refractivity contribution in [1.29, 1.82) is 0 Å². The minimum atomic E-state index is -0.207. The molecule has 0 aromatic rings. The third kappa shape index (κ3) is 3.26. The number of hydrogen-bond acceptors (Lipinski definition) is 3. The summed E-state index contributed by atoms with van der Waals surface area (Å²) in [6.45, 7) is 6.28. The second kappa shape index (κ2) is 6.66. The van der Waals surface area contributed by atoms with Gasteiger partial charge in [0.1, 0.15) is 0 Å². The summed E-state index contributed by atoms with van der Waals surface area (Å²) in [6, 6.07) is 0. The van der Waals surface area contributed by atoms with Crippen LogP contribution in [0.5, 0.6) is 0 Å². The molecule has 2 heterocycles. The summed E-state index contributed by atoms with van der Waals surface area (Å²) >= 11 is 0. The molecule has 21 heavy (non-hydrogen) atoms. The molecule has 1 saturated carbocycles. The summed E-state index contributed by atoms with van der Waals surface area (Å²) in [5.74, 6) is 1.16. The van der Waals surface area contributed by atoms with Crippen molar-refractivity contribution in [2.75, 3.05) is 39.3 Å². The maximum absolute atomic E-state index is 12.8. The van der Waals surface area contributed by atoms with Gasteiger partial charge < -0.3 is 15.5 Å². The van der Waals surface area contributed by atoms with E-state index in [0.29, 0.717) is 12.5 Å². The van der Waals surface area contributed by atoms with Crippen LogP contribution in [0.25, 0.3) is 0 Å². The van der Waals surface area contributed by atoms with Crippen LogP contribution in [0.3, 0.4) is 0 Å². The Balaban J connectivity index is 1.49. The maximum Gasteiger partial charge on any atom is 0.230 e. The molecule has 0 spiro atoms. The number of carbonyl (C=O) groups is 1. The highest BCUT2D eigenvalue weighted by molar-refractivity contribution is 5.83. The Morgan fingerprint density at radius 2 is 1.62 bits per heavy atom. The number of likely N-dealkylation sites (tertiary alicyclic amines) is 2. The molecule has 1 amide bonds. The van der Waals surface area contributed by atoms with Crippen LogP contribution < -0.4 is 5.73 Å². The standard InChI is InChI=1S/C17H31N3O/c18-14-17(7-1-2-8-17)16(21)20-11-5-15(6-12-20)13-19-9-3-4-10-19/h15H,1-14,18H2. The lowest BCUT2D eigenvalue weighted by Gasteiger charge is -2.38. The molecule has 0 radical (unpaired) electrons. The Morgan fingerprint density at radius 3 is 2.19 bits per heavy atom. The monoisotopic (exact) mass is 293 g/mol. The van der Waals surface area contributed by atoms with Crippen molar-refractivity contribution in [2.45, 2.75) is 51.4 Å². The quantitative estimate of drug-likeness (QED) is 0.860. The molecule has 2 aliphatic heterocycles. The highest BCUT2D eigenvalue weighted by Crippen LogP contribution is 2.39. The largest absolute Gasteiger partial charge is 0.342 e. The van der Waals surface area contributed by atoms with Gasteiger partial charge in [0.15, 0.2) is 0 Å². The first-order chi connectivity index (χ1) is 10.2. The van der Waals surface area contributed by atoms with Crippen LogP contribution in [0.1, 0.15) is 51.4 Å². The van der Waals surface area contributed by atoms with Crippen molar-refractivity contribution in [2.24, 2.45) is 17.1 Å². The number of rotatable bonds is 4. The molecular formula is C17H31N3O. The first-order valence-corrected chi connectivity index (χ1v) is 8.95. The van der Waals surface area contributed by atoms with Gasteiger partial charge in [-0.05, 0) is 57.5 Å². The molecule has 4 heteroatoms. The Hall–Kier alpha value is -0.610. The molecule has 0 bridgehead atoms. The van der Waals surface area contributed by atoms with Crippen molar-refractivity contribution >= 4 is 5.91 Å². The number of nitrogens with two attached hydrogens (primary N) is 1. The van der Waals surface area contributed by atoms with Crippen LogP contribution in [-0.4, -0.2) is 55.0 Å². The van der Waals surface area contributed by atoms with Crippen molar-refractivity contribution in [3.8, 4) is 0 Å². The van der Waals surface area contributed by atoms with E-state index in [9.17, 15) is 4.79 Å². The maximum atomic E-state index is 12.8. The van der Waals surface area contributed by atoms with Gasteiger partial charge in [-0.15, -0.1) is 0 Å². The van der Waals surface area contributed by atoms with Gasteiger partial charge in [0.2, 0.25) is 5.91 Å². The summed E-state index contributed by atoms with van der Waals surface area (Å²) in [5, 5.41) is 0. The van der Waals surface area contributed by atoms with Gasteiger partial charge in [0.05, 0.1) is 5.41 Å². The highest BCUT2D eigenvalue weighted by atomic mass is 16.2. The zero-order chi connectivity index (χ0) is 14.7. The zero-order valence-corrected chi connectivity index (χ0v) is 13.4. The van der Waals surface area contributed by atoms with Crippen LogP contribution >= 0.6 is 0 Å². The predicted octanol–water partition coefficient (Wildman–Crippen LogP) is 1.84. The first-order valence-electron chi connectivity index (χ1n) is 8.95. The number of carbonyl (C=O) groups excluding carboxylic acids is 1. The summed E-state index contributed by atoms with van der Waals surface area (Å²) in [4.78, 5) is 17.6. The van der Waals surface area contributed by atoms with E-state index in [1.807, 2.05) is 0 Å². The molecule has 2 N–H and O–H groups in total. The van der Waals surface area contributed by atoms with Gasteiger partial charge >= 0.3 is 0 Å². The summed E-state index contributed by atoms with van der Waals surface area (Å²) in [7, 11) is 0. The molecule has 0 unspecified atom stereocenters. The lowest BCUT2D eigenvalue weighted by molar-refractivity contribution is -0.143. The SMILES string of the molecule is NCC1(C(=O)N2CCC(CN3CCCC3)CC2)CCCC1. The summed E-state index contributed by atoms with van der Waals surface area (Å²) < 4.78 is 0. The molecule has 120 valence electrons. The Kier molecular flexibility index (Phi) is 4.85. The fourth-order valence-corrected chi connectivity index (χ4v) is 4.54. The lowest BCUT2D eigenvalue weighted by atomic mass is 9.83. The van der Waals surface area contributed by atoms with Crippen molar-refractivity contribution in [3.05, 3.63) is 0 Å². The fourth-order valence-electron chi connectivity index (χ4n) is 4.54. The van der Waals surface area contributed by atoms with Gasteiger partial charge in [-0.1, -0.05) is 12.8 Å². The lowest BCUT2D eigenvalue weighted by Crippen LogP contribution is -2.50. The van der Waals surface area contributed by atoms with E-state index in [0.717, 1.165) is 31.8 Å². The number of nitrogens with zero attached hydrogens (tertiary/aromatic N) is 2. The minimum Gasteiger partial charge on any atom is -0.342 e. The second-order valence-electron chi connectivity index (χ2n) is 7.43. The molecule has 3 fully saturated rings. The molecule has 0 aromatic carbocycles. The molecule has 2 saturated heterocycles.